The van der Waals surface area contributed by atoms with Crippen molar-refractivity contribution < 1.29 is 14.1 Å². The lowest BCUT2D eigenvalue weighted by molar-refractivity contribution is -0.120. The van der Waals surface area contributed by atoms with Gasteiger partial charge in [-0.05, 0) is 65.1 Å². The van der Waals surface area contributed by atoms with Gasteiger partial charge in [0.05, 0.1) is 11.2 Å². The number of benzene rings is 1. The van der Waals surface area contributed by atoms with E-state index in [9.17, 15) is 4.79 Å². The van der Waals surface area contributed by atoms with Gasteiger partial charge in [-0.15, -0.1) is 0 Å². The molecule has 1 amide bonds. The first-order chi connectivity index (χ1) is 11.7. The molecular weight excluding hydrogens is 313 g/mol. The fourth-order valence-electron chi connectivity index (χ4n) is 3.55. The Morgan fingerprint density at radius 1 is 1.08 bits per heavy atom. The van der Waals surface area contributed by atoms with E-state index in [1.165, 1.54) is 6.42 Å². The van der Waals surface area contributed by atoms with Crippen LogP contribution < -0.4 is 10.8 Å². The third-order valence-electron chi connectivity index (χ3n) is 6.03. The van der Waals surface area contributed by atoms with Crippen LogP contribution in [0.3, 0.4) is 0 Å². The molecule has 25 heavy (non-hydrogen) atoms. The van der Waals surface area contributed by atoms with Gasteiger partial charge in [-0.1, -0.05) is 30.9 Å². The van der Waals surface area contributed by atoms with Crippen LogP contribution in [0.2, 0.25) is 0 Å². The SMILES string of the molecule is Cc1ccc(NC(=O)C2CCCCC2)cc1B1OC(C)(C)C(C)(C)O1. The zero-order valence-electron chi connectivity index (χ0n) is 16.1. The Bertz CT molecular complexity index is 634. The summed E-state index contributed by atoms with van der Waals surface area (Å²) in [6.07, 6.45) is 5.57. The van der Waals surface area contributed by atoms with Crippen LogP contribution in [-0.2, 0) is 14.1 Å². The van der Waals surface area contributed by atoms with Gasteiger partial charge in [0.25, 0.3) is 0 Å². The van der Waals surface area contributed by atoms with Crippen molar-refractivity contribution >= 4 is 24.2 Å². The number of carbonyl (C=O) groups is 1. The lowest BCUT2D eigenvalue weighted by atomic mass is 9.76. The van der Waals surface area contributed by atoms with Crippen molar-refractivity contribution in [2.75, 3.05) is 5.32 Å². The molecule has 2 fully saturated rings. The van der Waals surface area contributed by atoms with E-state index in [1.807, 2.05) is 25.1 Å². The fourth-order valence-corrected chi connectivity index (χ4v) is 3.55. The Balaban J connectivity index is 1.76. The van der Waals surface area contributed by atoms with Crippen LogP contribution in [0.25, 0.3) is 0 Å². The molecule has 1 aliphatic heterocycles. The molecule has 1 saturated heterocycles. The summed E-state index contributed by atoms with van der Waals surface area (Å²) in [5, 5.41) is 3.09. The monoisotopic (exact) mass is 343 g/mol. The van der Waals surface area contributed by atoms with E-state index in [0.29, 0.717) is 0 Å². The minimum Gasteiger partial charge on any atom is -0.399 e. The summed E-state index contributed by atoms with van der Waals surface area (Å²) < 4.78 is 12.3. The van der Waals surface area contributed by atoms with Crippen LogP contribution in [0.4, 0.5) is 5.69 Å². The molecule has 1 aromatic rings. The molecule has 1 saturated carbocycles. The van der Waals surface area contributed by atoms with Crippen molar-refractivity contribution in [3.8, 4) is 0 Å². The molecule has 0 aromatic heterocycles. The maximum atomic E-state index is 12.5. The van der Waals surface area contributed by atoms with Gasteiger partial charge >= 0.3 is 7.12 Å². The van der Waals surface area contributed by atoms with Crippen LogP contribution in [0, 0.1) is 12.8 Å². The normalized spacial score (nSPS) is 22.8. The molecule has 1 heterocycles. The number of amides is 1. The van der Waals surface area contributed by atoms with Gasteiger partial charge in [0.2, 0.25) is 5.91 Å². The molecule has 1 aromatic carbocycles. The van der Waals surface area contributed by atoms with Crippen molar-refractivity contribution in [1.82, 2.24) is 0 Å². The second-order valence-electron chi connectivity index (χ2n) is 8.48. The third kappa shape index (κ3) is 3.77. The standard InChI is InChI=1S/C20H30BNO3/c1-14-11-12-16(22-18(23)15-9-7-6-8-10-15)13-17(14)21-24-19(2,3)20(4,5)25-21/h11-13,15H,6-10H2,1-5H3,(H,22,23). The van der Waals surface area contributed by atoms with Gasteiger partial charge in [0, 0.05) is 11.6 Å². The summed E-state index contributed by atoms with van der Waals surface area (Å²) in [5.41, 5.74) is 2.18. The third-order valence-corrected chi connectivity index (χ3v) is 6.03. The molecule has 3 rings (SSSR count). The highest BCUT2D eigenvalue weighted by Crippen LogP contribution is 2.37. The highest BCUT2D eigenvalue weighted by molar-refractivity contribution is 6.62. The molecule has 136 valence electrons. The number of hydrogen-bond donors (Lipinski definition) is 1. The van der Waals surface area contributed by atoms with Gasteiger partial charge in [-0.25, -0.2) is 0 Å². The van der Waals surface area contributed by atoms with E-state index in [0.717, 1.165) is 42.4 Å². The first-order valence-electron chi connectivity index (χ1n) is 9.47. The highest BCUT2D eigenvalue weighted by Gasteiger charge is 2.52. The van der Waals surface area contributed by atoms with Crippen LogP contribution in [-0.4, -0.2) is 24.2 Å². The molecule has 4 nitrogen and oxygen atoms in total. The first-order valence-corrected chi connectivity index (χ1v) is 9.47. The molecule has 0 bridgehead atoms. The molecule has 0 atom stereocenters. The summed E-state index contributed by atoms with van der Waals surface area (Å²) in [5.74, 6) is 0.291. The van der Waals surface area contributed by atoms with Gasteiger partial charge in [-0.3, -0.25) is 4.79 Å². The average molecular weight is 343 g/mol. The Hall–Kier alpha value is -1.33. The molecule has 2 aliphatic rings. The number of hydrogen-bond acceptors (Lipinski definition) is 3. The molecular formula is C20H30BNO3. The fraction of sp³-hybridized carbons (Fsp3) is 0.650. The molecule has 0 radical (unpaired) electrons. The second kappa shape index (κ2) is 6.77. The highest BCUT2D eigenvalue weighted by atomic mass is 16.7. The quantitative estimate of drug-likeness (QED) is 0.849. The Morgan fingerprint density at radius 3 is 2.28 bits per heavy atom. The van der Waals surface area contributed by atoms with Crippen LogP contribution in [0.1, 0.15) is 65.4 Å². The molecule has 0 unspecified atom stereocenters. The topological polar surface area (TPSA) is 47.6 Å². The number of rotatable bonds is 3. The molecule has 1 aliphatic carbocycles. The maximum Gasteiger partial charge on any atom is 0.495 e. The predicted molar refractivity (Wildman–Crippen MR) is 102 cm³/mol. The second-order valence-corrected chi connectivity index (χ2v) is 8.48. The summed E-state index contributed by atoms with van der Waals surface area (Å²) in [6.45, 7) is 10.3. The van der Waals surface area contributed by atoms with Crippen molar-refractivity contribution in [3.63, 3.8) is 0 Å². The van der Waals surface area contributed by atoms with Crippen molar-refractivity contribution in [3.05, 3.63) is 23.8 Å². The summed E-state index contributed by atoms with van der Waals surface area (Å²) in [6, 6.07) is 5.99. The minimum absolute atomic E-state index is 0.142. The Labute approximate surface area is 151 Å². The zero-order valence-corrected chi connectivity index (χ0v) is 16.1. The van der Waals surface area contributed by atoms with Crippen molar-refractivity contribution in [2.24, 2.45) is 5.92 Å². The average Bonchev–Trinajstić information content (AvgIpc) is 2.78. The van der Waals surface area contributed by atoms with Gasteiger partial charge < -0.3 is 14.6 Å². The Kier molecular flexibility index (Phi) is 5.00. The summed E-state index contributed by atoms with van der Waals surface area (Å²) >= 11 is 0. The van der Waals surface area contributed by atoms with E-state index in [2.05, 4.69) is 33.0 Å². The Morgan fingerprint density at radius 2 is 1.68 bits per heavy atom. The van der Waals surface area contributed by atoms with Crippen molar-refractivity contribution in [1.29, 1.82) is 0 Å². The van der Waals surface area contributed by atoms with E-state index in [-0.39, 0.29) is 23.0 Å². The lowest BCUT2D eigenvalue weighted by Crippen LogP contribution is -2.41. The molecule has 1 N–H and O–H groups in total. The minimum atomic E-state index is -0.406. The number of carbonyl (C=O) groups excluding carboxylic acids is 1. The number of nitrogens with one attached hydrogen (secondary N) is 1. The van der Waals surface area contributed by atoms with Crippen LogP contribution in [0.5, 0.6) is 0 Å². The van der Waals surface area contributed by atoms with Gasteiger partial charge in [0.15, 0.2) is 0 Å². The van der Waals surface area contributed by atoms with Crippen LogP contribution in [0.15, 0.2) is 18.2 Å². The lowest BCUT2D eigenvalue weighted by Gasteiger charge is -2.32. The first kappa shape index (κ1) is 18.5. The van der Waals surface area contributed by atoms with E-state index in [1.54, 1.807) is 0 Å². The number of aryl methyl sites for hydroxylation is 1. The van der Waals surface area contributed by atoms with E-state index >= 15 is 0 Å². The van der Waals surface area contributed by atoms with Gasteiger partial charge in [-0.2, -0.15) is 0 Å². The maximum absolute atomic E-state index is 12.5. The zero-order chi connectivity index (χ0) is 18.2. The predicted octanol–water partition coefficient (Wildman–Crippen LogP) is 3.81. The van der Waals surface area contributed by atoms with Gasteiger partial charge in [0.1, 0.15) is 0 Å². The summed E-state index contributed by atoms with van der Waals surface area (Å²) in [4.78, 5) is 12.5. The van der Waals surface area contributed by atoms with E-state index in [4.69, 9.17) is 9.31 Å². The van der Waals surface area contributed by atoms with Crippen molar-refractivity contribution in [2.45, 2.75) is 77.9 Å². The van der Waals surface area contributed by atoms with E-state index < -0.39 is 7.12 Å². The largest absolute Gasteiger partial charge is 0.495 e. The number of anilines is 1. The smallest absolute Gasteiger partial charge is 0.399 e. The molecule has 5 heteroatoms. The molecule has 0 spiro atoms. The van der Waals surface area contributed by atoms with Crippen LogP contribution >= 0.6 is 0 Å². The summed E-state index contributed by atoms with van der Waals surface area (Å²) in [7, 11) is -0.406.